The number of amides is 1. The summed E-state index contributed by atoms with van der Waals surface area (Å²) in [6, 6.07) is 13.2. The van der Waals surface area contributed by atoms with Crippen molar-refractivity contribution < 1.29 is 13.9 Å². The molecule has 0 unspecified atom stereocenters. The van der Waals surface area contributed by atoms with E-state index in [1.165, 1.54) is 0 Å². The Hall–Kier alpha value is -3.06. The summed E-state index contributed by atoms with van der Waals surface area (Å²) in [7, 11) is 1.79. The van der Waals surface area contributed by atoms with Gasteiger partial charge in [-0.3, -0.25) is 9.48 Å². The van der Waals surface area contributed by atoms with Crippen LogP contribution in [0.5, 0.6) is 0 Å². The molecule has 1 N–H and O–H groups in total. The van der Waals surface area contributed by atoms with Gasteiger partial charge < -0.3 is 19.4 Å². The maximum Gasteiger partial charge on any atom is 0.276 e. The monoisotopic (exact) mass is 352 g/mol. The van der Waals surface area contributed by atoms with Crippen LogP contribution in [-0.2, 0) is 11.8 Å². The van der Waals surface area contributed by atoms with Gasteiger partial charge in [-0.1, -0.05) is 12.1 Å². The number of ether oxygens (including phenoxy) is 1. The average Bonchev–Trinajstić information content (AvgIpc) is 3.32. The molecule has 0 spiro atoms. The van der Waals surface area contributed by atoms with Crippen LogP contribution in [-0.4, -0.2) is 42.0 Å². The maximum absolute atomic E-state index is 12.7. The first kappa shape index (κ1) is 16.4. The molecule has 1 aliphatic rings. The van der Waals surface area contributed by atoms with Crippen LogP contribution in [0.3, 0.4) is 0 Å². The Morgan fingerprint density at radius 1 is 1.15 bits per heavy atom. The molecular formula is C19H20N4O3. The smallest absolute Gasteiger partial charge is 0.276 e. The van der Waals surface area contributed by atoms with Gasteiger partial charge in [-0.2, -0.15) is 5.10 Å². The molecule has 0 bridgehead atoms. The number of anilines is 2. The summed E-state index contributed by atoms with van der Waals surface area (Å²) in [4.78, 5) is 14.9. The van der Waals surface area contributed by atoms with E-state index in [0.717, 1.165) is 30.2 Å². The van der Waals surface area contributed by atoms with Crippen LogP contribution in [0.4, 0.5) is 11.4 Å². The standard InChI is InChI=1S/C19H20N4O3/c1-22-17(18-7-4-10-26-18)13-15(21-22)19(24)20-14-5-2-3-6-16(14)23-8-11-25-12-9-23/h2-7,10,13H,8-9,11-12H2,1H3,(H,20,24). The molecule has 1 aromatic carbocycles. The second kappa shape index (κ2) is 7.05. The van der Waals surface area contributed by atoms with Crippen molar-refractivity contribution in [3.8, 4) is 11.5 Å². The average molecular weight is 352 g/mol. The second-order valence-corrected chi connectivity index (χ2v) is 6.09. The summed E-state index contributed by atoms with van der Waals surface area (Å²) in [5, 5.41) is 7.30. The molecule has 0 atom stereocenters. The Labute approximate surface area is 151 Å². The van der Waals surface area contributed by atoms with E-state index in [-0.39, 0.29) is 5.91 Å². The summed E-state index contributed by atoms with van der Waals surface area (Å²) >= 11 is 0. The summed E-state index contributed by atoms with van der Waals surface area (Å²) < 4.78 is 12.5. The summed E-state index contributed by atoms with van der Waals surface area (Å²) in [5.41, 5.74) is 2.85. The Bertz CT molecular complexity index is 895. The molecule has 26 heavy (non-hydrogen) atoms. The van der Waals surface area contributed by atoms with Crippen molar-refractivity contribution in [1.29, 1.82) is 0 Å². The molecule has 134 valence electrons. The SMILES string of the molecule is Cn1nc(C(=O)Nc2ccccc2N2CCOCC2)cc1-c1ccco1. The Balaban J connectivity index is 1.57. The number of carbonyl (C=O) groups excluding carboxylic acids is 1. The number of aromatic nitrogens is 2. The van der Waals surface area contributed by atoms with Crippen LogP contribution >= 0.6 is 0 Å². The van der Waals surface area contributed by atoms with Crippen LogP contribution in [0.2, 0.25) is 0 Å². The highest BCUT2D eigenvalue weighted by Gasteiger charge is 2.19. The van der Waals surface area contributed by atoms with Gasteiger partial charge in [0, 0.05) is 26.2 Å². The molecule has 7 heteroatoms. The van der Waals surface area contributed by atoms with E-state index in [4.69, 9.17) is 9.15 Å². The van der Waals surface area contributed by atoms with Gasteiger partial charge in [-0.05, 0) is 24.3 Å². The van der Waals surface area contributed by atoms with Crippen LogP contribution in [0.15, 0.2) is 53.1 Å². The number of rotatable bonds is 4. The van der Waals surface area contributed by atoms with Crippen LogP contribution < -0.4 is 10.2 Å². The summed E-state index contributed by atoms with van der Waals surface area (Å²) in [5.74, 6) is 0.423. The molecule has 1 saturated heterocycles. The molecule has 1 fully saturated rings. The Morgan fingerprint density at radius 3 is 2.73 bits per heavy atom. The van der Waals surface area contributed by atoms with Crippen molar-refractivity contribution in [3.63, 3.8) is 0 Å². The molecular weight excluding hydrogens is 332 g/mol. The van der Waals surface area contributed by atoms with Gasteiger partial charge in [0.15, 0.2) is 11.5 Å². The van der Waals surface area contributed by atoms with E-state index in [1.54, 1.807) is 30.1 Å². The predicted octanol–water partition coefficient (Wildman–Crippen LogP) is 2.77. The third-order valence-electron chi connectivity index (χ3n) is 4.39. The van der Waals surface area contributed by atoms with E-state index in [1.807, 2.05) is 30.3 Å². The minimum atomic E-state index is -0.251. The first-order chi connectivity index (χ1) is 12.7. The molecule has 7 nitrogen and oxygen atoms in total. The normalized spacial score (nSPS) is 14.4. The fraction of sp³-hybridized carbons (Fsp3) is 0.263. The topological polar surface area (TPSA) is 72.5 Å². The van der Waals surface area contributed by atoms with Gasteiger partial charge in [0.05, 0.1) is 30.9 Å². The van der Waals surface area contributed by atoms with E-state index < -0.39 is 0 Å². The van der Waals surface area contributed by atoms with E-state index in [2.05, 4.69) is 15.3 Å². The van der Waals surface area contributed by atoms with Crippen LogP contribution in [0.1, 0.15) is 10.5 Å². The Morgan fingerprint density at radius 2 is 1.96 bits per heavy atom. The number of hydrogen-bond donors (Lipinski definition) is 1. The lowest BCUT2D eigenvalue weighted by molar-refractivity contribution is 0.102. The third kappa shape index (κ3) is 3.21. The van der Waals surface area contributed by atoms with Gasteiger partial charge in [0.1, 0.15) is 5.69 Å². The zero-order valence-corrected chi connectivity index (χ0v) is 14.5. The number of benzene rings is 1. The van der Waals surface area contributed by atoms with Crippen LogP contribution in [0, 0.1) is 0 Å². The molecule has 1 aliphatic heterocycles. The lowest BCUT2D eigenvalue weighted by Gasteiger charge is -2.30. The van der Waals surface area contributed by atoms with Crippen molar-refractivity contribution in [2.75, 3.05) is 36.5 Å². The van der Waals surface area contributed by atoms with Gasteiger partial charge >= 0.3 is 0 Å². The van der Waals surface area contributed by atoms with Gasteiger partial charge in [-0.15, -0.1) is 0 Å². The zero-order valence-electron chi connectivity index (χ0n) is 14.5. The molecule has 0 radical (unpaired) electrons. The number of nitrogens with one attached hydrogen (secondary N) is 1. The number of morpholine rings is 1. The highest BCUT2D eigenvalue weighted by molar-refractivity contribution is 6.05. The van der Waals surface area contributed by atoms with Gasteiger partial charge in [0.25, 0.3) is 5.91 Å². The van der Waals surface area contributed by atoms with Crippen molar-refractivity contribution >= 4 is 17.3 Å². The quantitative estimate of drug-likeness (QED) is 0.782. The number of para-hydroxylation sites is 2. The highest BCUT2D eigenvalue weighted by atomic mass is 16.5. The van der Waals surface area contributed by atoms with Crippen molar-refractivity contribution in [3.05, 3.63) is 54.4 Å². The predicted molar refractivity (Wildman–Crippen MR) is 98.3 cm³/mol. The van der Waals surface area contributed by atoms with Gasteiger partial charge in [-0.25, -0.2) is 0 Å². The number of hydrogen-bond acceptors (Lipinski definition) is 5. The Kier molecular flexibility index (Phi) is 4.45. The van der Waals surface area contributed by atoms with Crippen molar-refractivity contribution in [2.24, 2.45) is 7.05 Å². The zero-order chi connectivity index (χ0) is 17.9. The lowest BCUT2D eigenvalue weighted by atomic mass is 10.2. The third-order valence-corrected chi connectivity index (χ3v) is 4.39. The molecule has 3 heterocycles. The number of nitrogens with zero attached hydrogens (tertiary/aromatic N) is 3. The summed E-state index contributed by atoms with van der Waals surface area (Å²) in [6.07, 6.45) is 1.60. The molecule has 3 aromatic rings. The fourth-order valence-electron chi connectivity index (χ4n) is 3.08. The number of aryl methyl sites for hydroxylation is 1. The second-order valence-electron chi connectivity index (χ2n) is 6.09. The van der Waals surface area contributed by atoms with E-state index >= 15 is 0 Å². The summed E-state index contributed by atoms with van der Waals surface area (Å²) in [6.45, 7) is 2.99. The number of furan rings is 1. The van der Waals surface area contributed by atoms with Crippen molar-refractivity contribution in [1.82, 2.24) is 9.78 Å². The van der Waals surface area contributed by atoms with Crippen LogP contribution in [0.25, 0.3) is 11.5 Å². The molecule has 4 rings (SSSR count). The highest BCUT2D eigenvalue weighted by Crippen LogP contribution is 2.27. The minimum Gasteiger partial charge on any atom is -0.463 e. The van der Waals surface area contributed by atoms with Gasteiger partial charge in [0.2, 0.25) is 0 Å². The first-order valence-electron chi connectivity index (χ1n) is 8.53. The molecule has 0 aliphatic carbocycles. The largest absolute Gasteiger partial charge is 0.463 e. The lowest BCUT2D eigenvalue weighted by Crippen LogP contribution is -2.36. The number of carbonyl (C=O) groups is 1. The van der Waals surface area contributed by atoms with E-state index in [9.17, 15) is 4.79 Å². The molecule has 0 saturated carbocycles. The molecule has 1 amide bonds. The fourth-order valence-corrected chi connectivity index (χ4v) is 3.08. The van der Waals surface area contributed by atoms with Crippen molar-refractivity contribution in [2.45, 2.75) is 0 Å². The minimum absolute atomic E-state index is 0.251. The molecule has 2 aromatic heterocycles. The van der Waals surface area contributed by atoms with E-state index in [0.29, 0.717) is 24.7 Å². The maximum atomic E-state index is 12.7. The first-order valence-corrected chi connectivity index (χ1v) is 8.53.